The molecule has 0 aromatic carbocycles. The maximum Gasteiger partial charge on any atom is 0.330 e. The van der Waals surface area contributed by atoms with Gasteiger partial charge >= 0.3 is 11.9 Å². The number of allylic oxidation sites excluding steroid dienone is 6. The van der Waals surface area contributed by atoms with Gasteiger partial charge in [-0.1, -0.05) is 48.6 Å². The van der Waals surface area contributed by atoms with Crippen LogP contribution in [0.4, 0.5) is 0 Å². The lowest BCUT2D eigenvalue weighted by Gasteiger charge is -2.45. The quantitative estimate of drug-likeness (QED) is 0.157. The van der Waals surface area contributed by atoms with Crippen LogP contribution in [-0.2, 0) is 33.3 Å². The second kappa shape index (κ2) is 16.6. The van der Waals surface area contributed by atoms with Gasteiger partial charge in [0.05, 0.1) is 48.8 Å². The zero-order chi connectivity index (χ0) is 34.3. The predicted octanol–water partition coefficient (Wildman–Crippen LogP) is 0.120. The Hall–Kier alpha value is -2.76. The molecular weight excluding hydrogens is 618 g/mol. The van der Waals surface area contributed by atoms with Crippen molar-refractivity contribution in [3.8, 4) is 0 Å². The molecule has 4 heterocycles. The van der Waals surface area contributed by atoms with Gasteiger partial charge in [-0.15, -0.1) is 0 Å². The highest BCUT2D eigenvalue weighted by Gasteiger charge is 2.51. The Balaban J connectivity index is 1.58. The summed E-state index contributed by atoms with van der Waals surface area (Å²) in [6.07, 6.45) is 5.25. The molecule has 0 amide bonds. The van der Waals surface area contributed by atoms with Gasteiger partial charge in [0.2, 0.25) is 0 Å². The minimum Gasteiger partial charge on any atom is -0.481 e. The average Bonchev–Trinajstić information content (AvgIpc) is 3.72. The minimum atomic E-state index is -2.10. The highest BCUT2D eigenvalue weighted by atomic mass is 16.7. The van der Waals surface area contributed by atoms with Crippen LogP contribution in [0.2, 0.25) is 0 Å². The average molecular weight is 666 g/mol. The van der Waals surface area contributed by atoms with Gasteiger partial charge in [0.25, 0.3) is 0 Å². The molecule has 14 nitrogen and oxygen atoms in total. The number of carbonyl (C=O) groups excluding carboxylic acids is 1. The molecule has 14 atom stereocenters. The van der Waals surface area contributed by atoms with Crippen molar-refractivity contribution in [3.05, 3.63) is 60.8 Å². The van der Waals surface area contributed by atoms with Gasteiger partial charge in [0.15, 0.2) is 12.1 Å². The summed E-state index contributed by atoms with van der Waals surface area (Å²) < 4.78 is 28.5. The van der Waals surface area contributed by atoms with E-state index in [1.165, 1.54) is 12.2 Å². The summed E-state index contributed by atoms with van der Waals surface area (Å²) in [5, 5.41) is 63.9. The van der Waals surface area contributed by atoms with E-state index in [4.69, 9.17) is 29.4 Å². The summed E-state index contributed by atoms with van der Waals surface area (Å²) >= 11 is 0. The van der Waals surface area contributed by atoms with Crippen LogP contribution in [0.25, 0.3) is 0 Å². The summed E-state index contributed by atoms with van der Waals surface area (Å²) in [5.41, 5.74) is 5.98. The summed E-state index contributed by atoms with van der Waals surface area (Å²) in [7, 11) is 0. The number of nitrogens with two attached hydrogens (primary N) is 1. The maximum absolute atomic E-state index is 12.3. The van der Waals surface area contributed by atoms with Crippen molar-refractivity contribution < 1.29 is 63.9 Å². The Bertz CT molecular complexity index is 1220. The van der Waals surface area contributed by atoms with Gasteiger partial charge in [-0.3, -0.25) is 4.79 Å². The lowest BCUT2D eigenvalue weighted by Crippen LogP contribution is -2.61. The number of epoxide rings is 1. The number of esters is 1. The first-order valence-electron chi connectivity index (χ1n) is 15.9. The van der Waals surface area contributed by atoms with Gasteiger partial charge in [-0.2, -0.15) is 0 Å². The van der Waals surface area contributed by atoms with Crippen LogP contribution in [0.3, 0.4) is 0 Å². The molecule has 1 unspecified atom stereocenters. The third-order valence-corrected chi connectivity index (χ3v) is 8.58. The van der Waals surface area contributed by atoms with Gasteiger partial charge in [-0.05, 0) is 19.9 Å². The zero-order valence-corrected chi connectivity index (χ0v) is 26.4. The van der Waals surface area contributed by atoms with E-state index in [0.29, 0.717) is 6.42 Å². The standard InChI is InChI=1S/C33H47NO13/c1-18-10-8-6-4-3-5-7-9-11-21(45-32-30(39)28(34)29(38)19(2)44-32)15-25-27(31(40)41)22(36)17-33(42,47-25)16-20(35)14-24-23(46-24)12-13-26(37)43-18/h3-9,11-13,18-25,27-30,32,35-36,38-39,42H,10,14-17,34H2,1-2H3,(H,40,41)/b4-3+,7-5+,8-6+,11-9+,13-12+/t18?,19-,20+,21+,22+,23-,24-,25+,27-,28+,29-,30+,32+,33-/m1/s1. The number of aliphatic hydroxyl groups is 5. The molecule has 14 heteroatoms. The SMILES string of the molecule is CC1C/C=C/C=C/C=C/C=C/[C@H](O[C@@H]2O[C@H](C)[C@@H](O)[C@H](N)[C@@H]2O)C[C@@H]2O[C@](O)(C[C@@H](O)C[C@H]3O[C@@H]3/C=C/C(=O)O1)C[C@H](O)[C@H]2C(=O)O. The van der Waals surface area contributed by atoms with Crippen molar-refractivity contribution in [1.82, 2.24) is 0 Å². The lowest BCUT2D eigenvalue weighted by molar-refractivity contribution is -0.308. The van der Waals surface area contributed by atoms with Crippen molar-refractivity contribution in [3.63, 3.8) is 0 Å². The van der Waals surface area contributed by atoms with Gasteiger partial charge in [0, 0.05) is 38.2 Å². The third kappa shape index (κ3) is 10.6. The van der Waals surface area contributed by atoms with Crippen LogP contribution in [0.15, 0.2) is 60.8 Å². The Morgan fingerprint density at radius 1 is 0.936 bits per heavy atom. The number of cyclic esters (lactones) is 1. The van der Waals surface area contributed by atoms with Crippen molar-refractivity contribution in [2.45, 2.75) is 125 Å². The molecular formula is C33H47NO13. The Labute approximate surface area is 273 Å². The Morgan fingerprint density at radius 3 is 2.36 bits per heavy atom. The van der Waals surface area contributed by atoms with Crippen molar-refractivity contribution >= 4 is 11.9 Å². The normalized spacial score (nSPS) is 47.2. The molecule has 8 N–H and O–H groups in total. The Kier molecular flexibility index (Phi) is 13.1. The van der Waals surface area contributed by atoms with E-state index in [1.54, 1.807) is 56.4 Å². The van der Waals surface area contributed by atoms with E-state index in [-0.39, 0.29) is 25.4 Å². The molecule has 4 aliphatic heterocycles. The van der Waals surface area contributed by atoms with Gasteiger partial charge in [-0.25, -0.2) is 4.79 Å². The molecule has 262 valence electrons. The van der Waals surface area contributed by atoms with Crippen LogP contribution < -0.4 is 5.73 Å². The second-order valence-corrected chi connectivity index (χ2v) is 12.6. The maximum atomic E-state index is 12.3. The van der Waals surface area contributed by atoms with E-state index in [2.05, 4.69) is 0 Å². The van der Waals surface area contributed by atoms with Crippen molar-refractivity contribution in [2.24, 2.45) is 11.7 Å². The highest BCUT2D eigenvalue weighted by molar-refractivity contribution is 5.82. The molecule has 47 heavy (non-hydrogen) atoms. The summed E-state index contributed by atoms with van der Waals surface area (Å²) in [6.45, 7) is 3.34. The summed E-state index contributed by atoms with van der Waals surface area (Å²) in [6, 6.07) is -1.08. The van der Waals surface area contributed by atoms with Crippen molar-refractivity contribution in [2.75, 3.05) is 0 Å². The number of aliphatic hydroxyl groups excluding tert-OH is 4. The first-order chi connectivity index (χ1) is 22.3. The van der Waals surface area contributed by atoms with Gasteiger partial charge < -0.3 is 60.1 Å². The third-order valence-electron chi connectivity index (χ3n) is 8.58. The Morgan fingerprint density at radius 2 is 1.64 bits per heavy atom. The number of rotatable bonds is 3. The molecule has 0 aliphatic carbocycles. The van der Waals surface area contributed by atoms with Crippen LogP contribution in [0.1, 0.15) is 46.0 Å². The monoisotopic (exact) mass is 665 g/mol. The fourth-order valence-corrected chi connectivity index (χ4v) is 6.00. The number of carboxylic acid groups (broad SMARTS) is 1. The first kappa shape index (κ1) is 37.1. The fourth-order valence-electron chi connectivity index (χ4n) is 6.00. The molecule has 4 aliphatic rings. The summed E-state index contributed by atoms with van der Waals surface area (Å²) in [5.74, 6) is -5.45. The molecule has 4 rings (SSSR count). The molecule has 0 saturated carbocycles. The van der Waals surface area contributed by atoms with Crippen LogP contribution >= 0.6 is 0 Å². The number of ether oxygens (including phenoxy) is 5. The van der Waals surface area contributed by atoms with Crippen LogP contribution in [0, 0.1) is 5.92 Å². The number of fused-ring (bicyclic) bond motifs is 3. The van der Waals surface area contributed by atoms with E-state index >= 15 is 0 Å². The van der Waals surface area contributed by atoms with Gasteiger partial charge in [0.1, 0.15) is 24.2 Å². The topological polar surface area (TPSA) is 231 Å². The molecule has 2 bridgehead atoms. The molecule has 0 spiro atoms. The van der Waals surface area contributed by atoms with E-state index in [1.807, 2.05) is 6.08 Å². The molecule has 0 aromatic heterocycles. The van der Waals surface area contributed by atoms with Crippen LogP contribution in [0.5, 0.6) is 0 Å². The predicted molar refractivity (Wildman–Crippen MR) is 165 cm³/mol. The number of hydrogen-bond donors (Lipinski definition) is 7. The molecule has 3 saturated heterocycles. The number of aliphatic carboxylic acids is 1. The van der Waals surface area contributed by atoms with Crippen molar-refractivity contribution in [1.29, 1.82) is 0 Å². The molecule has 0 radical (unpaired) electrons. The largest absolute Gasteiger partial charge is 0.481 e. The summed E-state index contributed by atoms with van der Waals surface area (Å²) in [4.78, 5) is 24.4. The first-order valence-corrected chi connectivity index (χ1v) is 15.9. The minimum absolute atomic E-state index is 0.0789. The van der Waals surface area contributed by atoms with E-state index in [9.17, 15) is 40.2 Å². The molecule has 3 fully saturated rings. The molecule has 0 aromatic rings. The number of carbonyl (C=O) groups is 2. The smallest absolute Gasteiger partial charge is 0.330 e. The van der Waals surface area contributed by atoms with Crippen LogP contribution in [-0.4, -0.2) is 122 Å². The number of carboxylic acids is 1. The number of hydrogen-bond acceptors (Lipinski definition) is 13. The van der Waals surface area contributed by atoms with E-state index in [0.717, 1.165) is 0 Å². The lowest BCUT2D eigenvalue weighted by atomic mass is 9.83. The second-order valence-electron chi connectivity index (χ2n) is 12.6. The van der Waals surface area contributed by atoms with E-state index < -0.39 is 97.3 Å². The fraction of sp³-hybridized carbons (Fsp3) is 0.636. The highest BCUT2D eigenvalue weighted by Crippen LogP contribution is 2.39. The zero-order valence-electron chi connectivity index (χ0n) is 26.4.